The van der Waals surface area contributed by atoms with Crippen molar-refractivity contribution >= 4 is 28.7 Å². The number of hydrogen-bond donors (Lipinski definition) is 0. The largest absolute Gasteiger partial charge is 0.288 e. The quantitative estimate of drug-likeness (QED) is 0.259. The van der Waals surface area contributed by atoms with E-state index in [1.165, 1.54) is 5.56 Å². The minimum Gasteiger partial charge on any atom is -0.288 e. The van der Waals surface area contributed by atoms with E-state index in [-0.39, 0.29) is 0 Å². The first kappa shape index (κ1) is 21.0. The predicted octanol–water partition coefficient (Wildman–Crippen LogP) is 7.16. The molecular weight excluding hydrogens is 426 g/mol. The minimum atomic E-state index is 0.617. The van der Waals surface area contributed by atoms with Gasteiger partial charge >= 0.3 is 0 Å². The molecule has 33 heavy (non-hydrogen) atoms. The molecule has 0 spiro atoms. The van der Waals surface area contributed by atoms with Crippen LogP contribution in [0.1, 0.15) is 22.5 Å². The molecule has 0 fully saturated rings. The van der Waals surface area contributed by atoms with Crippen LogP contribution < -0.4 is 0 Å². The molecule has 4 heteroatoms. The first-order chi connectivity index (χ1) is 16.3. The van der Waals surface area contributed by atoms with Gasteiger partial charge in [0.05, 0.1) is 17.8 Å². The molecule has 0 aliphatic rings. The van der Waals surface area contributed by atoms with Crippen molar-refractivity contribution in [2.24, 2.45) is 4.99 Å². The second-order valence-corrected chi connectivity index (χ2v) is 8.28. The fourth-order valence-electron chi connectivity index (χ4n) is 3.87. The van der Waals surface area contributed by atoms with Crippen molar-refractivity contribution < 1.29 is 0 Å². The highest BCUT2D eigenvalue weighted by atomic mass is 35.5. The maximum atomic E-state index is 6.29. The molecule has 1 heterocycles. The Balaban J connectivity index is 1.49. The number of benzene rings is 4. The molecule has 0 amide bonds. The molecule has 160 valence electrons. The van der Waals surface area contributed by atoms with Crippen LogP contribution in [0.25, 0.3) is 22.2 Å². The van der Waals surface area contributed by atoms with Crippen LogP contribution >= 0.6 is 11.6 Å². The Morgan fingerprint density at radius 2 is 1.48 bits per heavy atom. The highest BCUT2D eigenvalue weighted by molar-refractivity contribution is 6.31. The lowest BCUT2D eigenvalue weighted by atomic mass is 10.0. The fourth-order valence-corrected chi connectivity index (χ4v) is 4.04. The Morgan fingerprint density at radius 3 is 2.30 bits per heavy atom. The Labute approximate surface area is 198 Å². The maximum absolute atomic E-state index is 6.29. The minimum absolute atomic E-state index is 0.617. The van der Waals surface area contributed by atoms with Gasteiger partial charge in [-0.2, -0.15) is 0 Å². The lowest BCUT2D eigenvalue weighted by Crippen LogP contribution is -2.02. The summed E-state index contributed by atoms with van der Waals surface area (Å²) < 4.78 is 0. The number of nitrogens with zero attached hydrogens (tertiary/aromatic N) is 3. The van der Waals surface area contributed by atoms with Crippen molar-refractivity contribution in [3.63, 3.8) is 0 Å². The summed E-state index contributed by atoms with van der Waals surface area (Å²) in [4.78, 5) is 14.5. The average Bonchev–Trinajstić information content (AvgIpc) is 2.86. The smallest absolute Gasteiger partial charge is 0.134 e. The summed E-state index contributed by atoms with van der Waals surface area (Å²) in [5.74, 6) is 0.771. The number of rotatable bonds is 6. The zero-order valence-corrected chi connectivity index (χ0v) is 18.8. The molecule has 0 aliphatic heterocycles. The first-order valence-corrected chi connectivity index (χ1v) is 11.3. The molecule has 0 bridgehead atoms. The van der Waals surface area contributed by atoms with Crippen LogP contribution in [0.3, 0.4) is 0 Å². The number of aromatic nitrogens is 2. The molecule has 1 aromatic heterocycles. The van der Waals surface area contributed by atoms with E-state index >= 15 is 0 Å². The molecule has 5 aromatic rings. The van der Waals surface area contributed by atoms with Crippen molar-refractivity contribution in [1.82, 2.24) is 9.97 Å². The standard InChI is InChI=1S/C29H22ClN3/c30-25-15-16-27-26(18-25)29(22-11-5-2-6-12-22)33-28(32-27)17-23-13-7-8-14-24(23)20-31-19-21-9-3-1-4-10-21/h1-16,18,20H,17,19H2. The van der Waals surface area contributed by atoms with Gasteiger partial charge < -0.3 is 0 Å². The number of hydrogen-bond acceptors (Lipinski definition) is 3. The molecule has 0 saturated heterocycles. The fraction of sp³-hybridized carbons (Fsp3) is 0.0690. The summed E-state index contributed by atoms with van der Waals surface area (Å²) in [6.07, 6.45) is 2.56. The van der Waals surface area contributed by atoms with E-state index in [4.69, 9.17) is 21.6 Å². The zero-order chi connectivity index (χ0) is 22.5. The maximum Gasteiger partial charge on any atom is 0.134 e. The highest BCUT2D eigenvalue weighted by Gasteiger charge is 2.12. The predicted molar refractivity (Wildman–Crippen MR) is 137 cm³/mol. The van der Waals surface area contributed by atoms with Gasteiger partial charge in [0.2, 0.25) is 0 Å². The van der Waals surface area contributed by atoms with Gasteiger partial charge in [-0.1, -0.05) is 96.5 Å². The Morgan fingerprint density at radius 1 is 0.758 bits per heavy atom. The van der Waals surface area contributed by atoms with E-state index in [1.807, 2.05) is 72.9 Å². The van der Waals surface area contributed by atoms with Gasteiger partial charge in [0.15, 0.2) is 0 Å². The summed E-state index contributed by atoms with van der Waals surface area (Å²) in [7, 11) is 0. The molecule has 0 saturated carbocycles. The van der Waals surface area contributed by atoms with Gasteiger partial charge in [0.1, 0.15) is 5.82 Å². The summed E-state index contributed by atoms with van der Waals surface area (Å²) >= 11 is 6.29. The summed E-state index contributed by atoms with van der Waals surface area (Å²) in [5.41, 5.74) is 6.24. The monoisotopic (exact) mass is 447 g/mol. The summed E-state index contributed by atoms with van der Waals surface area (Å²) in [6, 6.07) is 34.5. The van der Waals surface area contributed by atoms with Gasteiger partial charge in [-0.05, 0) is 34.9 Å². The first-order valence-electron chi connectivity index (χ1n) is 10.9. The summed E-state index contributed by atoms with van der Waals surface area (Å²) in [6.45, 7) is 0.653. The summed E-state index contributed by atoms with van der Waals surface area (Å²) in [5, 5.41) is 1.63. The van der Waals surface area contributed by atoms with Crippen LogP contribution in [0.15, 0.2) is 108 Å². The highest BCUT2D eigenvalue weighted by Crippen LogP contribution is 2.29. The molecule has 3 nitrogen and oxygen atoms in total. The lowest BCUT2D eigenvalue weighted by Gasteiger charge is -2.11. The van der Waals surface area contributed by atoms with Crippen molar-refractivity contribution in [1.29, 1.82) is 0 Å². The molecule has 0 N–H and O–H groups in total. The third-order valence-electron chi connectivity index (χ3n) is 5.50. The van der Waals surface area contributed by atoms with Crippen LogP contribution in [-0.2, 0) is 13.0 Å². The molecule has 0 atom stereocenters. The van der Waals surface area contributed by atoms with E-state index in [2.05, 4.69) is 41.4 Å². The third kappa shape index (κ3) is 5.00. The SMILES string of the molecule is Clc1ccc2nc(Cc3ccccc3C=NCc3ccccc3)nc(-c3ccccc3)c2c1. The molecule has 0 aliphatic carbocycles. The van der Waals surface area contributed by atoms with E-state index in [1.54, 1.807) is 0 Å². The second kappa shape index (κ2) is 9.76. The lowest BCUT2D eigenvalue weighted by molar-refractivity contribution is 0.993. The van der Waals surface area contributed by atoms with E-state index in [0.29, 0.717) is 18.0 Å². The van der Waals surface area contributed by atoms with Crippen molar-refractivity contribution in [3.05, 3.63) is 131 Å². The average molecular weight is 448 g/mol. The Bertz CT molecular complexity index is 1410. The molecular formula is C29H22ClN3. The van der Waals surface area contributed by atoms with Gasteiger partial charge in [-0.25, -0.2) is 9.97 Å². The van der Waals surface area contributed by atoms with Gasteiger partial charge in [-0.3, -0.25) is 4.99 Å². The van der Waals surface area contributed by atoms with E-state index in [0.717, 1.165) is 39.1 Å². The number of halogens is 1. The second-order valence-electron chi connectivity index (χ2n) is 7.85. The van der Waals surface area contributed by atoms with Crippen molar-refractivity contribution in [2.45, 2.75) is 13.0 Å². The third-order valence-corrected chi connectivity index (χ3v) is 5.74. The van der Waals surface area contributed by atoms with Crippen molar-refractivity contribution in [2.75, 3.05) is 0 Å². The van der Waals surface area contributed by atoms with Crippen LogP contribution in [-0.4, -0.2) is 16.2 Å². The van der Waals surface area contributed by atoms with Gasteiger partial charge in [-0.15, -0.1) is 0 Å². The normalized spacial score (nSPS) is 11.3. The Kier molecular flexibility index (Phi) is 6.23. The zero-order valence-electron chi connectivity index (χ0n) is 18.0. The van der Waals surface area contributed by atoms with Crippen LogP contribution in [0.2, 0.25) is 5.02 Å². The van der Waals surface area contributed by atoms with Crippen molar-refractivity contribution in [3.8, 4) is 11.3 Å². The van der Waals surface area contributed by atoms with Crippen LogP contribution in [0, 0.1) is 0 Å². The van der Waals surface area contributed by atoms with Gasteiger partial charge in [0, 0.05) is 28.6 Å². The molecule has 5 rings (SSSR count). The Hall–Kier alpha value is -3.82. The van der Waals surface area contributed by atoms with E-state index in [9.17, 15) is 0 Å². The molecule has 0 radical (unpaired) electrons. The number of aliphatic imine (C=N–C) groups is 1. The van der Waals surface area contributed by atoms with E-state index < -0.39 is 0 Å². The number of fused-ring (bicyclic) bond motifs is 1. The molecule has 4 aromatic carbocycles. The topological polar surface area (TPSA) is 38.1 Å². The molecule has 0 unspecified atom stereocenters. The van der Waals surface area contributed by atoms with Crippen LogP contribution in [0.5, 0.6) is 0 Å². The van der Waals surface area contributed by atoms with Gasteiger partial charge in [0.25, 0.3) is 0 Å². The van der Waals surface area contributed by atoms with Crippen LogP contribution in [0.4, 0.5) is 0 Å².